The Morgan fingerprint density at radius 2 is 2.24 bits per heavy atom. The van der Waals surface area contributed by atoms with E-state index in [0.717, 1.165) is 26.2 Å². The summed E-state index contributed by atoms with van der Waals surface area (Å²) in [7, 11) is 0. The van der Waals surface area contributed by atoms with E-state index in [1.165, 1.54) is 12.8 Å². The molecule has 1 fully saturated rings. The highest BCUT2D eigenvalue weighted by molar-refractivity contribution is 4.79. The lowest BCUT2D eigenvalue weighted by atomic mass is 10.1. The molecule has 2 unspecified atom stereocenters. The van der Waals surface area contributed by atoms with Crippen molar-refractivity contribution < 1.29 is 9.84 Å². The van der Waals surface area contributed by atoms with Crippen LogP contribution in [0.15, 0.2) is 0 Å². The number of rotatable bonds is 7. The number of hydrogen-bond donors (Lipinski definition) is 2. The van der Waals surface area contributed by atoms with Gasteiger partial charge in [0.2, 0.25) is 0 Å². The minimum absolute atomic E-state index is 0.195. The van der Waals surface area contributed by atoms with E-state index in [1.807, 2.05) is 13.8 Å². The molecule has 0 spiro atoms. The van der Waals surface area contributed by atoms with Crippen LogP contribution in [0.25, 0.3) is 0 Å². The number of piperidine rings is 1. The van der Waals surface area contributed by atoms with Gasteiger partial charge < -0.3 is 15.2 Å². The maximum Gasteiger partial charge on any atom is 0.0900 e. The Morgan fingerprint density at radius 3 is 2.88 bits per heavy atom. The molecule has 0 saturated carbocycles. The number of likely N-dealkylation sites (N-methyl/N-ethyl adjacent to an activating group) is 1. The van der Waals surface area contributed by atoms with Crippen LogP contribution in [0.5, 0.6) is 0 Å². The van der Waals surface area contributed by atoms with E-state index in [9.17, 15) is 5.11 Å². The van der Waals surface area contributed by atoms with Crippen LogP contribution in [-0.2, 0) is 4.74 Å². The van der Waals surface area contributed by atoms with Gasteiger partial charge in [-0.25, -0.2) is 0 Å². The van der Waals surface area contributed by atoms with Crippen LogP contribution in [0.1, 0.15) is 33.6 Å². The predicted octanol–water partition coefficient (Wildman–Crippen LogP) is 0.846. The molecule has 0 aromatic rings. The summed E-state index contributed by atoms with van der Waals surface area (Å²) in [6.45, 7) is 10.5. The maximum atomic E-state index is 9.88. The molecule has 0 bridgehead atoms. The largest absolute Gasteiger partial charge is 0.389 e. The first-order chi connectivity index (χ1) is 8.11. The summed E-state index contributed by atoms with van der Waals surface area (Å²) in [5.74, 6) is 0. The van der Waals surface area contributed by atoms with Gasteiger partial charge in [0, 0.05) is 19.1 Å². The summed E-state index contributed by atoms with van der Waals surface area (Å²) in [6, 6.07) is 0.590. The van der Waals surface area contributed by atoms with Crippen LogP contribution in [0.2, 0.25) is 0 Å². The number of aliphatic hydroxyl groups is 1. The normalized spacial score (nSPS) is 24.2. The highest BCUT2D eigenvalue weighted by Crippen LogP contribution is 2.10. The Kier molecular flexibility index (Phi) is 7.04. The van der Waals surface area contributed by atoms with Crippen LogP contribution in [-0.4, -0.2) is 61.0 Å². The smallest absolute Gasteiger partial charge is 0.0900 e. The van der Waals surface area contributed by atoms with Crippen molar-refractivity contribution in [3.63, 3.8) is 0 Å². The van der Waals surface area contributed by atoms with Gasteiger partial charge in [-0.3, -0.25) is 4.90 Å². The molecule has 0 aliphatic carbocycles. The average Bonchev–Trinajstić information content (AvgIpc) is 2.27. The van der Waals surface area contributed by atoms with Gasteiger partial charge in [0.25, 0.3) is 0 Å². The summed E-state index contributed by atoms with van der Waals surface area (Å²) in [4.78, 5) is 2.34. The van der Waals surface area contributed by atoms with Crippen LogP contribution in [0.3, 0.4) is 0 Å². The Morgan fingerprint density at radius 1 is 1.47 bits per heavy atom. The van der Waals surface area contributed by atoms with Crippen LogP contribution in [0.4, 0.5) is 0 Å². The minimum atomic E-state index is -0.363. The first-order valence-corrected chi connectivity index (χ1v) is 6.87. The fourth-order valence-corrected chi connectivity index (χ4v) is 2.33. The van der Waals surface area contributed by atoms with E-state index >= 15 is 0 Å². The van der Waals surface area contributed by atoms with Gasteiger partial charge in [0.05, 0.1) is 18.8 Å². The number of nitrogens with one attached hydrogen (secondary N) is 1. The van der Waals surface area contributed by atoms with Crippen molar-refractivity contribution in [1.29, 1.82) is 0 Å². The van der Waals surface area contributed by atoms with Crippen molar-refractivity contribution in [2.45, 2.75) is 51.9 Å². The molecule has 17 heavy (non-hydrogen) atoms. The molecule has 1 heterocycles. The second-order valence-corrected chi connectivity index (χ2v) is 5.19. The number of aliphatic hydroxyl groups excluding tert-OH is 1. The van der Waals surface area contributed by atoms with Crippen molar-refractivity contribution in [2.75, 3.05) is 32.8 Å². The Balaban J connectivity index is 2.20. The van der Waals surface area contributed by atoms with Gasteiger partial charge in [-0.05, 0) is 39.8 Å². The van der Waals surface area contributed by atoms with Crippen LogP contribution in [0, 0.1) is 0 Å². The lowest BCUT2D eigenvalue weighted by molar-refractivity contribution is -0.0121. The third kappa shape index (κ3) is 6.36. The molecule has 0 amide bonds. The standard InChI is InChI=1S/C13H28N2O2/c1-4-14-12-6-5-7-15(8-12)9-13(16)10-17-11(2)3/h11-14,16H,4-10H2,1-3H3. The first-order valence-electron chi connectivity index (χ1n) is 6.87. The summed E-state index contributed by atoms with van der Waals surface area (Å²) < 4.78 is 5.43. The van der Waals surface area contributed by atoms with Crippen molar-refractivity contribution >= 4 is 0 Å². The second kappa shape index (κ2) is 8.03. The average molecular weight is 244 g/mol. The summed E-state index contributed by atoms with van der Waals surface area (Å²) >= 11 is 0. The Labute approximate surface area is 105 Å². The van der Waals surface area contributed by atoms with Gasteiger partial charge in [-0.15, -0.1) is 0 Å². The molecule has 1 aliphatic heterocycles. The quantitative estimate of drug-likeness (QED) is 0.697. The number of β-amino-alcohol motifs (C(OH)–C–C–N with tert-alkyl or cyclic N) is 1. The maximum absolute atomic E-state index is 9.88. The zero-order chi connectivity index (χ0) is 12.7. The minimum Gasteiger partial charge on any atom is -0.389 e. The Bertz CT molecular complexity index is 198. The predicted molar refractivity (Wildman–Crippen MR) is 70.2 cm³/mol. The SMILES string of the molecule is CCNC1CCCN(CC(O)COC(C)C)C1. The van der Waals surface area contributed by atoms with Crippen molar-refractivity contribution in [3.05, 3.63) is 0 Å². The zero-order valence-electron chi connectivity index (χ0n) is 11.5. The molecule has 1 saturated heterocycles. The zero-order valence-corrected chi connectivity index (χ0v) is 11.5. The van der Waals surface area contributed by atoms with Gasteiger partial charge >= 0.3 is 0 Å². The van der Waals surface area contributed by atoms with E-state index < -0.39 is 0 Å². The molecule has 2 N–H and O–H groups in total. The van der Waals surface area contributed by atoms with Gasteiger partial charge in [0.15, 0.2) is 0 Å². The molecule has 4 nitrogen and oxygen atoms in total. The van der Waals surface area contributed by atoms with E-state index in [4.69, 9.17) is 4.74 Å². The molecule has 4 heteroatoms. The molecule has 1 aliphatic rings. The summed E-state index contributed by atoms with van der Waals surface area (Å²) in [6.07, 6.45) is 2.30. The molecule has 102 valence electrons. The van der Waals surface area contributed by atoms with E-state index in [2.05, 4.69) is 17.1 Å². The van der Waals surface area contributed by atoms with Crippen molar-refractivity contribution in [1.82, 2.24) is 10.2 Å². The van der Waals surface area contributed by atoms with Crippen LogP contribution >= 0.6 is 0 Å². The molecule has 0 radical (unpaired) electrons. The Hall–Kier alpha value is -0.160. The number of likely N-dealkylation sites (tertiary alicyclic amines) is 1. The van der Waals surface area contributed by atoms with Crippen LogP contribution < -0.4 is 5.32 Å². The topological polar surface area (TPSA) is 44.7 Å². The third-order valence-electron chi connectivity index (χ3n) is 3.09. The highest BCUT2D eigenvalue weighted by atomic mass is 16.5. The fourth-order valence-electron chi connectivity index (χ4n) is 2.33. The lowest BCUT2D eigenvalue weighted by Gasteiger charge is -2.34. The molecular formula is C13H28N2O2. The molecular weight excluding hydrogens is 216 g/mol. The number of hydrogen-bond acceptors (Lipinski definition) is 4. The number of nitrogens with zero attached hydrogens (tertiary/aromatic N) is 1. The van der Waals surface area contributed by atoms with Crippen molar-refractivity contribution in [2.24, 2.45) is 0 Å². The molecule has 0 aromatic heterocycles. The monoisotopic (exact) mass is 244 g/mol. The van der Waals surface area contributed by atoms with E-state index in [-0.39, 0.29) is 12.2 Å². The van der Waals surface area contributed by atoms with Gasteiger partial charge in [0.1, 0.15) is 0 Å². The third-order valence-corrected chi connectivity index (χ3v) is 3.09. The summed E-state index contributed by atoms with van der Waals surface area (Å²) in [5.41, 5.74) is 0. The first kappa shape index (κ1) is 14.9. The molecule has 2 atom stereocenters. The fraction of sp³-hybridized carbons (Fsp3) is 1.00. The molecule has 0 aromatic carbocycles. The van der Waals surface area contributed by atoms with Gasteiger partial charge in [-0.1, -0.05) is 6.92 Å². The van der Waals surface area contributed by atoms with Crippen molar-refractivity contribution in [3.8, 4) is 0 Å². The summed E-state index contributed by atoms with van der Waals surface area (Å²) in [5, 5.41) is 13.4. The van der Waals surface area contributed by atoms with E-state index in [1.54, 1.807) is 0 Å². The second-order valence-electron chi connectivity index (χ2n) is 5.19. The lowest BCUT2D eigenvalue weighted by Crippen LogP contribution is -2.48. The van der Waals surface area contributed by atoms with Gasteiger partial charge in [-0.2, -0.15) is 0 Å². The highest BCUT2D eigenvalue weighted by Gasteiger charge is 2.21. The molecule has 1 rings (SSSR count). The number of ether oxygens (including phenoxy) is 1. The van der Waals surface area contributed by atoms with E-state index in [0.29, 0.717) is 12.6 Å².